The Kier molecular flexibility index (Phi) is 8.67. The average molecular weight is 370 g/mol. The first kappa shape index (κ1) is 18.6. The van der Waals surface area contributed by atoms with Crippen LogP contribution in [0.3, 0.4) is 0 Å². The van der Waals surface area contributed by atoms with Gasteiger partial charge in [-0.25, -0.2) is 0 Å². The highest BCUT2D eigenvalue weighted by Gasteiger charge is 2.09. The monoisotopic (exact) mass is 369 g/mol. The van der Waals surface area contributed by atoms with Gasteiger partial charge in [-0.1, -0.05) is 26.2 Å². The molecule has 4 nitrogen and oxygen atoms in total. The molecule has 0 aliphatic heterocycles. The Hall–Kier alpha value is -1.49. The van der Waals surface area contributed by atoms with Crippen LogP contribution >= 0.6 is 15.9 Å². The predicted octanol–water partition coefficient (Wildman–Crippen LogP) is 4.18. The fraction of sp³-hybridized carbons (Fsp3) is 0.471. The second-order valence-corrected chi connectivity index (χ2v) is 5.78. The van der Waals surface area contributed by atoms with Gasteiger partial charge in [0.25, 0.3) is 0 Å². The van der Waals surface area contributed by atoms with E-state index < -0.39 is 0 Å². The molecule has 5 heteroatoms. The highest BCUT2D eigenvalue weighted by molar-refractivity contribution is 9.10. The van der Waals surface area contributed by atoms with Crippen LogP contribution in [0.25, 0.3) is 6.08 Å². The number of halogens is 1. The maximum absolute atomic E-state index is 11.7. The van der Waals surface area contributed by atoms with Gasteiger partial charge in [0.05, 0.1) is 18.7 Å². The summed E-state index contributed by atoms with van der Waals surface area (Å²) in [5.41, 5.74) is 0.866. The van der Waals surface area contributed by atoms with Gasteiger partial charge in [0, 0.05) is 12.6 Å². The number of benzene rings is 1. The Morgan fingerprint density at radius 1 is 1.23 bits per heavy atom. The first-order valence-electron chi connectivity index (χ1n) is 7.49. The normalized spacial score (nSPS) is 10.7. The number of amides is 1. The van der Waals surface area contributed by atoms with Crippen molar-refractivity contribution in [1.29, 1.82) is 0 Å². The molecule has 0 saturated carbocycles. The molecule has 122 valence electrons. The Morgan fingerprint density at radius 2 is 2.00 bits per heavy atom. The maximum Gasteiger partial charge on any atom is 0.243 e. The number of carbonyl (C=O) groups is 1. The quantitative estimate of drug-likeness (QED) is 0.524. The summed E-state index contributed by atoms with van der Waals surface area (Å²) < 4.78 is 11.3. The number of carbonyl (C=O) groups excluding carboxylic acids is 1. The third-order valence-corrected chi connectivity index (χ3v) is 3.80. The van der Waals surface area contributed by atoms with Gasteiger partial charge in [-0.3, -0.25) is 4.79 Å². The number of ether oxygens (including phenoxy) is 2. The van der Waals surface area contributed by atoms with E-state index in [1.807, 2.05) is 12.1 Å². The molecule has 1 rings (SSSR count). The molecule has 1 N–H and O–H groups in total. The van der Waals surface area contributed by atoms with Gasteiger partial charge in [0.2, 0.25) is 5.91 Å². The van der Waals surface area contributed by atoms with Crippen molar-refractivity contribution in [2.45, 2.75) is 32.6 Å². The van der Waals surface area contributed by atoms with Crippen LogP contribution in [0.1, 0.15) is 38.2 Å². The van der Waals surface area contributed by atoms with E-state index in [1.165, 1.54) is 18.9 Å². The zero-order valence-corrected chi connectivity index (χ0v) is 15.0. The van der Waals surface area contributed by atoms with Gasteiger partial charge in [-0.05, 0) is 46.1 Å². The third kappa shape index (κ3) is 6.10. The number of unbranched alkanes of at least 4 members (excludes halogenated alkanes) is 3. The lowest BCUT2D eigenvalue weighted by Crippen LogP contribution is -2.21. The minimum absolute atomic E-state index is 0.0811. The summed E-state index contributed by atoms with van der Waals surface area (Å²) in [5.74, 6) is 1.18. The SMILES string of the molecule is CCCCCCNC(=O)/C=C/c1cc(Br)c(OC)c(OC)c1. The summed E-state index contributed by atoms with van der Waals surface area (Å²) in [5, 5.41) is 2.88. The van der Waals surface area contributed by atoms with Gasteiger partial charge < -0.3 is 14.8 Å². The van der Waals surface area contributed by atoms with Crippen LogP contribution in [-0.2, 0) is 4.79 Å². The van der Waals surface area contributed by atoms with Crippen LogP contribution in [0.5, 0.6) is 11.5 Å². The molecule has 1 aromatic rings. The molecule has 0 heterocycles. The summed E-state index contributed by atoms with van der Waals surface area (Å²) in [6.07, 6.45) is 7.88. The van der Waals surface area contributed by atoms with Crippen LogP contribution in [-0.4, -0.2) is 26.7 Å². The molecule has 0 saturated heterocycles. The van der Waals surface area contributed by atoms with Crippen molar-refractivity contribution >= 4 is 27.9 Å². The highest BCUT2D eigenvalue weighted by atomic mass is 79.9. The van der Waals surface area contributed by atoms with Crippen molar-refractivity contribution in [1.82, 2.24) is 5.32 Å². The van der Waals surface area contributed by atoms with Crippen molar-refractivity contribution in [2.75, 3.05) is 20.8 Å². The number of nitrogens with one attached hydrogen (secondary N) is 1. The zero-order chi connectivity index (χ0) is 16.4. The second-order valence-electron chi connectivity index (χ2n) is 4.92. The standard InChI is InChI=1S/C17H24BrNO3/c1-4-5-6-7-10-19-16(20)9-8-13-11-14(18)17(22-3)15(12-13)21-2/h8-9,11-12H,4-7,10H2,1-3H3,(H,19,20)/b9-8+. The zero-order valence-electron chi connectivity index (χ0n) is 13.4. The molecule has 22 heavy (non-hydrogen) atoms. The molecule has 0 aliphatic carbocycles. The van der Waals surface area contributed by atoms with Crippen molar-refractivity contribution < 1.29 is 14.3 Å². The van der Waals surface area contributed by atoms with Crippen molar-refractivity contribution in [3.63, 3.8) is 0 Å². The molecule has 0 atom stereocenters. The van der Waals surface area contributed by atoms with Crippen LogP contribution in [0.4, 0.5) is 0 Å². The van der Waals surface area contributed by atoms with Gasteiger partial charge in [-0.15, -0.1) is 0 Å². The molecular formula is C17H24BrNO3. The Labute approximate surface area is 141 Å². The first-order chi connectivity index (χ1) is 10.6. The number of hydrogen-bond donors (Lipinski definition) is 1. The Balaban J connectivity index is 2.58. The van der Waals surface area contributed by atoms with E-state index >= 15 is 0 Å². The number of rotatable bonds is 9. The average Bonchev–Trinajstić information content (AvgIpc) is 2.52. The number of hydrogen-bond acceptors (Lipinski definition) is 3. The summed E-state index contributed by atoms with van der Waals surface area (Å²) in [6, 6.07) is 3.71. The lowest BCUT2D eigenvalue weighted by Gasteiger charge is -2.10. The molecule has 0 spiro atoms. The van der Waals surface area contributed by atoms with E-state index in [9.17, 15) is 4.79 Å². The van der Waals surface area contributed by atoms with E-state index in [-0.39, 0.29) is 5.91 Å². The molecule has 0 unspecified atom stereocenters. The molecule has 0 bridgehead atoms. The van der Waals surface area contributed by atoms with Crippen molar-refractivity contribution in [3.8, 4) is 11.5 Å². The fourth-order valence-corrected chi connectivity index (χ4v) is 2.65. The van der Waals surface area contributed by atoms with Gasteiger partial charge in [0.15, 0.2) is 11.5 Å². The molecule has 0 fully saturated rings. The molecule has 1 aromatic carbocycles. The molecule has 0 aliphatic rings. The molecule has 1 amide bonds. The summed E-state index contributed by atoms with van der Waals surface area (Å²) in [7, 11) is 3.17. The lowest BCUT2D eigenvalue weighted by molar-refractivity contribution is -0.116. The van der Waals surface area contributed by atoms with Crippen LogP contribution in [0.15, 0.2) is 22.7 Å². The topological polar surface area (TPSA) is 47.6 Å². The lowest BCUT2D eigenvalue weighted by atomic mass is 10.2. The van der Waals surface area contributed by atoms with E-state index in [0.29, 0.717) is 11.5 Å². The molecule has 0 aromatic heterocycles. The summed E-state index contributed by atoms with van der Waals surface area (Å²) in [4.78, 5) is 11.7. The largest absolute Gasteiger partial charge is 0.493 e. The van der Waals surface area contributed by atoms with Gasteiger partial charge in [0.1, 0.15) is 0 Å². The van der Waals surface area contributed by atoms with E-state index in [4.69, 9.17) is 9.47 Å². The molecular weight excluding hydrogens is 346 g/mol. The maximum atomic E-state index is 11.7. The van der Waals surface area contributed by atoms with E-state index in [1.54, 1.807) is 20.3 Å². The Morgan fingerprint density at radius 3 is 2.64 bits per heavy atom. The van der Waals surface area contributed by atoms with Crippen molar-refractivity contribution in [2.24, 2.45) is 0 Å². The van der Waals surface area contributed by atoms with E-state index in [2.05, 4.69) is 28.2 Å². The third-order valence-electron chi connectivity index (χ3n) is 3.21. The van der Waals surface area contributed by atoms with Crippen molar-refractivity contribution in [3.05, 3.63) is 28.2 Å². The first-order valence-corrected chi connectivity index (χ1v) is 8.29. The second kappa shape index (κ2) is 10.3. The molecule has 0 radical (unpaired) electrons. The Bertz CT molecular complexity index is 515. The van der Waals surface area contributed by atoms with Gasteiger partial charge in [-0.2, -0.15) is 0 Å². The summed E-state index contributed by atoms with van der Waals surface area (Å²) >= 11 is 3.43. The smallest absolute Gasteiger partial charge is 0.243 e. The van der Waals surface area contributed by atoms with Crippen LogP contribution in [0, 0.1) is 0 Å². The fourth-order valence-electron chi connectivity index (χ4n) is 2.03. The van der Waals surface area contributed by atoms with Gasteiger partial charge >= 0.3 is 0 Å². The van der Waals surface area contributed by atoms with E-state index in [0.717, 1.165) is 29.4 Å². The van der Waals surface area contributed by atoms with Crippen LogP contribution in [0.2, 0.25) is 0 Å². The number of methoxy groups -OCH3 is 2. The minimum atomic E-state index is -0.0811. The predicted molar refractivity (Wildman–Crippen MR) is 93.4 cm³/mol. The van der Waals surface area contributed by atoms with Crippen LogP contribution < -0.4 is 14.8 Å². The summed E-state index contributed by atoms with van der Waals surface area (Å²) in [6.45, 7) is 2.89. The highest BCUT2D eigenvalue weighted by Crippen LogP contribution is 2.36. The minimum Gasteiger partial charge on any atom is -0.493 e.